The minimum absolute atomic E-state index is 0.0719. The Morgan fingerprint density at radius 2 is 1.75 bits per heavy atom. The second kappa shape index (κ2) is 7.39. The molecule has 1 aliphatic rings. The Balaban J connectivity index is 2.13. The molecule has 0 bridgehead atoms. The van der Waals surface area contributed by atoms with E-state index >= 15 is 0 Å². The van der Waals surface area contributed by atoms with Crippen LogP contribution in [0.2, 0.25) is 0 Å². The first-order chi connectivity index (χ1) is 12.6. The number of nitrogens with zero attached hydrogens (tertiary/aromatic N) is 2. The number of hydrogen-bond acceptors (Lipinski definition) is 8. The van der Waals surface area contributed by atoms with Crippen LogP contribution in [0.25, 0.3) is 0 Å². The molecule has 2 heterocycles. The normalized spacial score (nSPS) is 18.2. The van der Waals surface area contributed by atoms with Gasteiger partial charge in [0, 0.05) is 19.2 Å². The molecule has 0 spiro atoms. The van der Waals surface area contributed by atoms with Crippen molar-refractivity contribution >= 4 is 31.7 Å². The van der Waals surface area contributed by atoms with E-state index in [9.17, 15) is 26.7 Å². The molecule has 1 aliphatic heterocycles. The molecule has 0 saturated carbocycles. The molecule has 1 aromatic rings. The summed E-state index contributed by atoms with van der Waals surface area (Å²) in [5, 5.41) is 15.1. The third-order valence-electron chi connectivity index (χ3n) is 4.94. The molecule has 0 aliphatic carbocycles. The zero-order chi connectivity index (χ0) is 21.5. The van der Waals surface area contributed by atoms with Crippen molar-refractivity contribution in [2.75, 3.05) is 24.7 Å². The maximum Gasteiger partial charge on any atom is 0.247 e. The van der Waals surface area contributed by atoms with Crippen molar-refractivity contribution in [2.24, 2.45) is 0 Å². The zero-order valence-electron chi connectivity index (χ0n) is 16.6. The minimum Gasteiger partial charge on any atom is -0.384 e. The number of nitrogens with one attached hydrogen (secondary N) is 1. The van der Waals surface area contributed by atoms with Gasteiger partial charge < -0.3 is 9.63 Å². The van der Waals surface area contributed by atoms with Crippen LogP contribution in [0, 0.1) is 0 Å². The van der Waals surface area contributed by atoms with Crippen molar-refractivity contribution < 1.29 is 31.3 Å². The van der Waals surface area contributed by atoms with Gasteiger partial charge in [0.15, 0.2) is 9.84 Å². The average molecular weight is 438 g/mol. The van der Waals surface area contributed by atoms with Crippen molar-refractivity contribution in [3.63, 3.8) is 0 Å². The molecular weight excluding hydrogens is 410 g/mol. The highest BCUT2D eigenvalue weighted by Gasteiger charge is 2.47. The van der Waals surface area contributed by atoms with Crippen LogP contribution in [0.1, 0.15) is 46.2 Å². The van der Waals surface area contributed by atoms with Crippen LogP contribution in [-0.4, -0.2) is 66.7 Å². The average Bonchev–Trinajstić information content (AvgIpc) is 3.02. The van der Waals surface area contributed by atoms with E-state index < -0.39 is 41.4 Å². The molecule has 1 fully saturated rings. The second-order valence-corrected chi connectivity index (χ2v) is 12.8. The van der Waals surface area contributed by atoms with Gasteiger partial charge in [-0.05, 0) is 40.5 Å². The van der Waals surface area contributed by atoms with Gasteiger partial charge in [-0.1, -0.05) is 5.16 Å². The maximum atomic E-state index is 13.0. The van der Waals surface area contributed by atoms with E-state index in [4.69, 9.17) is 4.52 Å². The van der Waals surface area contributed by atoms with Gasteiger partial charge in [-0.3, -0.25) is 10.1 Å². The molecule has 0 unspecified atom stereocenters. The Morgan fingerprint density at radius 3 is 2.18 bits per heavy atom. The van der Waals surface area contributed by atoms with Gasteiger partial charge in [-0.2, -0.15) is 0 Å². The highest BCUT2D eigenvalue weighted by atomic mass is 32.2. The van der Waals surface area contributed by atoms with Gasteiger partial charge in [0.2, 0.25) is 21.8 Å². The van der Waals surface area contributed by atoms with E-state index in [-0.39, 0.29) is 37.5 Å². The summed E-state index contributed by atoms with van der Waals surface area (Å²) in [6.45, 7) is 5.78. The molecule has 160 valence electrons. The maximum absolute atomic E-state index is 13.0. The van der Waals surface area contributed by atoms with Crippen LogP contribution in [0.4, 0.5) is 5.88 Å². The van der Waals surface area contributed by atoms with Crippen LogP contribution in [-0.2, 0) is 30.3 Å². The SMILES string of the molecule is CC(C)(O)c1cc(NC(=O)C(C)(C)S(=O)(=O)C2CCN(S(C)(=O)=O)CC2)on1. The third kappa shape index (κ3) is 4.56. The van der Waals surface area contributed by atoms with Crippen molar-refractivity contribution in [3.05, 3.63) is 11.8 Å². The summed E-state index contributed by atoms with van der Waals surface area (Å²) in [7, 11) is -7.29. The number of hydrogen-bond donors (Lipinski definition) is 2. The molecule has 10 nitrogen and oxygen atoms in total. The Morgan fingerprint density at radius 1 is 1.21 bits per heavy atom. The fourth-order valence-corrected chi connectivity index (χ4v) is 5.75. The molecule has 1 aromatic heterocycles. The number of anilines is 1. The summed E-state index contributed by atoms with van der Waals surface area (Å²) in [5.41, 5.74) is -1.08. The predicted octanol–water partition coefficient (Wildman–Crippen LogP) is 0.458. The van der Waals surface area contributed by atoms with E-state index in [2.05, 4.69) is 10.5 Å². The number of amides is 1. The lowest BCUT2D eigenvalue weighted by atomic mass is 10.1. The summed E-state index contributed by atoms with van der Waals surface area (Å²) in [4.78, 5) is 12.7. The minimum atomic E-state index is -3.92. The first kappa shape index (κ1) is 22.8. The van der Waals surface area contributed by atoms with Crippen LogP contribution in [0.5, 0.6) is 0 Å². The Hall–Kier alpha value is -1.50. The van der Waals surface area contributed by atoms with Gasteiger partial charge in [-0.15, -0.1) is 0 Å². The lowest BCUT2D eigenvalue weighted by Crippen LogP contribution is -2.52. The van der Waals surface area contributed by atoms with Gasteiger partial charge >= 0.3 is 0 Å². The summed E-state index contributed by atoms with van der Waals surface area (Å²) in [6.07, 6.45) is 1.33. The zero-order valence-corrected chi connectivity index (χ0v) is 18.2. The number of rotatable bonds is 6. The molecular formula is C16H27N3O7S2. The summed E-state index contributed by atoms with van der Waals surface area (Å²) < 4.78 is 53.7. The molecule has 0 radical (unpaired) electrons. The fraction of sp³-hybridized carbons (Fsp3) is 0.750. The number of sulfone groups is 1. The number of aromatic nitrogens is 1. The van der Waals surface area contributed by atoms with Gasteiger partial charge in [0.1, 0.15) is 16.0 Å². The van der Waals surface area contributed by atoms with Gasteiger partial charge in [0.25, 0.3) is 0 Å². The highest BCUT2D eigenvalue weighted by Crippen LogP contribution is 2.30. The van der Waals surface area contributed by atoms with Crippen molar-refractivity contribution in [1.82, 2.24) is 9.46 Å². The molecule has 2 N–H and O–H groups in total. The number of sulfonamides is 1. The van der Waals surface area contributed by atoms with Gasteiger partial charge in [-0.25, -0.2) is 21.1 Å². The quantitative estimate of drug-likeness (QED) is 0.652. The van der Waals surface area contributed by atoms with Crippen molar-refractivity contribution in [3.8, 4) is 0 Å². The monoisotopic (exact) mass is 437 g/mol. The molecule has 28 heavy (non-hydrogen) atoms. The van der Waals surface area contributed by atoms with E-state index in [0.29, 0.717) is 0 Å². The Bertz CT molecular complexity index is 935. The largest absolute Gasteiger partial charge is 0.384 e. The Kier molecular flexibility index (Phi) is 6.02. The topological polar surface area (TPSA) is 147 Å². The van der Waals surface area contributed by atoms with E-state index in [1.807, 2.05) is 0 Å². The lowest BCUT2D eigenvalue weighted by molar-refractivity contribution is -0.118. The molecule has 2 rings (SSSR count). The number of carbonyl (C=O) groups excluding carboxylic acids is 1. The number of aliphatic hydroxyl groups is 1. The van der Waals surface area contributed by atoms with Crippen molar-refractivity contribution in [1.29, 1.82) is 0 Å². The smallest absolute Gasteiger partial charge is 0.247 e. The molecule has 1 saturated heterocycles. The Labute approximate surface area is 165 Å². The van der Waals surface area contributed by atoms with Gasteiger partial charge in [0.05, 0.1) is 11.5 Å². The third-order valence-corrected chi connectivity index (χ3v) is 9.20. The van der Waals surface area contributed by atoms with Crippen molar-refractivity contribution in [2.45, 2.75) is 56.1 Å². The first-order valence-electron chi connectivity index (χ1n) is 8.76. The molecule has 12 heteroatoms. The predicted molar refractivity (Wildman–Crippen MR) is 103 cm³/mol. The highest BCUT2D eigenvalue weighted by molar-refractivity contribution is 7.94. The summed E-state index contributed by atoms with van der Waals surface area (Å²) in [5.74, 6) is -0.867. The summed E-state index contributed by atoms with van der Waals surface area (Å²) >= 11 is 0. The number of piperidine rings is 1. The standard InChI is InChI=1S/C16H27N3O7S2/c1-15(2,21)12-10-13(26-18-12)17-14(20)16(3,4)28(24,25)11-6-8-19(9-7-11)27(5,22)23/h10-11,21H,6-9H2,1-5H3,(H,17,20). The van der Waals surface area contributed by atoms with Crippen LogP contribution >= 0.6 is 0 Å². The van der Waals surface area contributed by atoms with E-state index in [1.165, 1.54) is 38.1 Å². The molecule has 0 atom stereocenters. The number of carbonyl (C=O) groups is 1. The van der Waals surface area contributed by atoms with Crippen LogP contribution in [0.3, 0.4) is 0 Å². The molecule has 1 amide bonds. The van der Waals surface area contributed by atoms with E-state index in [1.54, 1.807) is 0 Å². The van der Waals surface area contributed by atoms with Crippen LogP contribution in [0.15, 0.2) is 10.6 Å². The first-order valence-corrected chi connectivity index (χ1v) is 12.2. The van der Waals surface area contributed by atoms with Crippen LogP contribution < -0.4 is 5.32 Å². The summed E-state index contributed by atoms with van der Waals surface area (Å²) in [6, 6.07) is 1.32. The second-order valence-electron chi connectivity index (χ2n) is 8.01. The molecule has 0 aromatic carbocycles. The van der Waals surface area contributed by atoms with E-state index in [0.717, 1.165) is 6.26 Å². The lowest BCUT2D eigenvalue weighted by Gasteiger charge is -2.34. The fourth-order valence-electron chi connectivity index (χ4n) is 2.90.